The van der Waals surface area contributed by atoms with E-state index in [9.17, 15) is 14.7 Å². The van der Waals surface area contributed by atoms with E-state index in [0.717, 1.165) is 31.2 Å². The lowest BCUT2D eigenvalue weighted by Crippen LogP contribution is -2.50. The molecule has 3 saturated heterocycles. The maximum Gasteiger partial charge on any atom is 0.410 e. The molecule has 0 aliphatic carbocycles. The van der Waals surface area contributed by atoms with Crippen LogP contribution in [0.2, 0.25) is 0 Å². The molecule has 2 N–H and O–H groups in total. The predicted octanol–water partition coefficient (Wildman–Crippen LogP) is 3.73. The third-order valence-electron chi connectivity index (χ3n) is 7.52. The Bertz CT molecular complexity index is 1100. The molecule has 2 aromatic rings. The molecule has 2 bridgehead atoms. The molecule has 3 aliphatic rings. The van der Waals surface area contributed by atoms with Crippen molar-refractivity contribution >= 4 is 17.7 Å². The fraction of sp³-hybridized carbons (Fsp3) is 0.519. The van der Waals surface area contributed by atoms with Crippen LogP contribution in [0, 0.1) is 5.82 Å². The quantitative estimate of drug-likeness (QED) is 0.655. The summed E-state index contributed by atoms with van der Waals surface area (Å²) in [6.45, 7) is 3.50. The van der Waals surface area contributed by atoms with Crippen molar-refractivity contribution in [2.24, 2.45) is 0 Å². The van der Waals surface area contributed by atoms with Crippen molar-refractivity contribution in [2.45, 2.75) is 69.7 Å². The maximum absolute atomic E-state index is 15.2. The van der Waals surface area contributed by atoms with Gasteiger partial charge in [0.25, 0.3) is 5.91 Å². The SMILES string of the molecule is CCNC(=O)c1ccc(-c2ccc(N3CCCC(OC(=O)N4C5CCC4CC(O)C5)C3)c(F)c2)cn1. The van der Waals surface area contributed by atoms with Crippen LogP contribution in [-0.2, 0) is 4.74 Å². The van der Waals surface area contributed by atoms with Gasteiger partial charge in [-0.25, -0.2) is 9.18 Å². The van der Waals surface area contributed by atoms with Crippen LogP contribution < -0.4 is 10.2 Å². The number of rotatable bonds is 5. The highest BCUT2D eigenvalue weighted by Gasteiger charge is 2.44. The molecule has 192 valence electrons. The number of piperidine rings is 2. The van der Waals surface area contributed by atoms with Crippen molar-refractivity contribution in [3.8, 4) is 11.1 Å². The highest BCUT2D eigenvalue weighted by molar-refractivity contribution is 5.92. The fourth-order valence-electron chi connectivity index (χ4n) is 5.80. The van der Waals surface area contributed by atoms with E-state index in [0.29, 0.717) is 49.4 Å². The number of aliphatic hydroxyl groups is 1. The number of hydrogen-bond donors (Lipinski definition) is 2. The van der Waals surface area contributed by atoms with Gasteiger partial charge in [-0.05, 0) is 69.2 Å². The van der Waals surface area contributed by atoms with Crippen LogP contribution in [0.15, 0.2) is 36.5 Å². The zero-order valence-corrected chi connectivity index (χ0v) is 20.5. The van der Waals surface area contributed by atoms with Crippen molar-refractivity contribution in [3.63, 3.8) is 0 Å². The summed E-state index contributed by atoms with van der Waals surface area (Å²) in [6.07, 6.45) is 5.23. The fourth-order valence-corrected chi connectivity index (χ4v) is 5.80. The smallest absolute Gasteiger partial charge is 0.410 e. The number of carbonyl (C=O) groups excluding carboxylic acids is 2. The molecule has 3 aliphatic heterocycles. The largest absolute Gasteiger partial charge is 0.444 e. The maximum atomic E-state index is 15.2. The molecule has 5 rings (SSSR count). The number of carbonyl (C=O) groups is 2. The van der Waals surface area contributed by atoms with Gasteiger partial charge in [0, 0.05) is 36.9 Å². The molecule has 36 heavy (non-hydrogen) atoms. The van der Waals surface area contributed by atoms with Gasteiger partial charge in [-0.2, -0.15) is 0 Å². The lowest BCUT2D eigenvalue weighted by Gasteiger charge is -2.39. The van der Waals surface area contributed by atoms with Crippen molar-refractivity contribution < 1.29 is 23.8 Å². The Hall–Kier alpha value is -3.20. The highest BCUT2D eigenvalue weighted by Crippen LogP contribution is 2.37. The number of amides is 2. The van der Waals surface area contributed by atoms with E-state index < -0.39 is 0 Å². The first-order chi connectivity index (χ1) is 17.4. The summed E-state index contributed by atoms with van der Waals surface area (Å²) in [7, 11) is 0. The molecule has 3 atom stereocenters. The second-order valence-electron chi connectivity index (χ2n) is 9.97. The molecule has 0 spiro atoms. The molecule has 2 amide bonds. The summed E-state index contributed by atoms with van der Waals surface area (Å²) >= 11 is 0. The van der Waals surface area contributed by atoms with Crippen molar-refractivity contribution in [1.82, 2.24) is 15.2 Å². The molecule has 1 aromatic heterocycles. The summed E-state index contributed by atoms with van der Waals surface area (Å²) in [6, 6.07) is 8.57. The van der Waals surface area contributed by atoms with Crippen LogP contribution in [0.25, 0.3) is 11.1 Å². The second kappa shape index (κ2) is 10.4. The number of fused-ring (bicyclic) bond motifs is 2. The monoisotopic (exact) mass is 496 g/mol. The number of nitrogens with zero attached hydrogens (tertiary/aromatic N) is 3. The number of hydrogen-bond acceptors (Lipinski definition) is 6. The summed E-state index contributed by atoms with van der Waals surface area (Å²) in [4.78, 5) is 32.8. The topological polar surface area (TPSA) is 95.0 Å². The Morgan fingerprint density at radius 1 is 1.14 bits per heavy atom. The lowest BCUT2D eigenvalue weighted by molar-refractivity contribution is 0.00639. The summed E-state index contributed by atoms with van der Waals surface area (Å²) in [5.74, 6) is -0.591. The van der Waals surface area contributed by atoms with E-state index in [1.165, 1.54) is 6.07 Å². The number of aromatic nitrogens is 1. The Kier molecular flexibility index (Phi) is 7.09. The Labute approximate surface area is 210 Å². The van der Waals surface area contributed by atoms with Gasteiger partial charge in [0.2, 0.25) is 0 Å². The molecule has 3 fully saturated rings. The van der Waals surface area contributed by atoms with E-state index in [1.807, 2.05) is 22.8 Å². The third kappa shape index (κ3) is 5.02. The number of halogens is 1. The molecule has 9 heteroatoms. The van der Waals surface area contributed by atoms with Crippen LogP contribution in [0.3, 0.4) is 0 Å². The summed E-state index contributed by atoms with van der Waals surface area (Å²) in [5.41, 5.74) is 2.20. The first-order valence-corrected chi connectivity index (χ1v) is 12.9. The first-order valence-electron chi connectivity index (χ1n) is 12.9. The van der Waals surface area contributed by atoms with E-state index >= 15 is 4.39 Å². The van der Waals surface area contributed by atoms with Gasteiger partial charge in [-0.1, -0.05) is 12.1 Å². The van der Waals surface area contributed by atoms with Gasteiger partial charge >= 0.3 is 6.09 Å². The summed E-state index contributed by atoms with van der Waals surface area (Å²) in [5, 5.41) is 12.7. The normalized spacial score (nSPS) is 25.5. The minimum atomic E-state index is -0.352. The first kappa shape index (κ1) is 24.5. The molecule has 0 saturated carbocycles. The number of pyridine rings is 1. The number of nitrogens with one attached hydrogen (secondary N) is 1. The molecule has 1 aromatic carbocycles. The molecule has 4 heterocycles. The van der Waals surface area contributed by atoms with E-state index in [-0.39, 0.29) is 42.1 Å². The van der Waals surface area contributed by atoms with Crippen LogP contribution in [-0.4, -0.2) is 70.9 Å². The van der Waals surface area contributed by atoms with Crippen LogP contribution in [0.1, 0.15) is 55.9 Å². The van der Waals surface area contributed by atoms with Gasteiger partial charge in [0.1, 0.15) is 17.6 Å². The zero-order valence-electron chi connectivity index (χ0n) is 20.5. The van der Waals surface area contributed by atoms with Crippen molar-refractivity contribution in [2.75, 3.05) is 24.5 Å². The zero-order chi connectivity index (χ0) is 25.2. The minimum absolute atomic E-state index is 0.0560. The molecule has 3 unspecified atom stereocenters. The number of benzene rings is 1. The average molecular weight is 497 g/mol. The van der Waals surface area contributed by atoms with E-state index in [1.54, 1.807) is 24.4 Å². The van der Waals surface area contributed by atoms with E-state index in [4.69, 9.17) is 4.74 Å². The van der Waals surface area contributed by atoms with Gasteiger partial charge < -0.3 is 25.0 Å². The Balaban J connectivity index is 1.23. The van der Waals surface area contributed by atoms with Gasteiger partial charge in [-0.15, -0.1) is 0 Å². The summed E-state index contributed by atoms with van der Waals surface area (Å²) < 4.78 is 21.1. The average Bonchev–Trinajstić information content (AvgIpc) is 3.15. The molecular formula is C27H33FN4O4. The minimum Gasteiger partial charge on any atom is -0.444 e. The molecule has 0 radical (unpaired) electrons. The van der Waals surface area contributed by atoms with Gasteiger partial charge in [0.15, 0.2) is 0 Å². The predicted molar refractivity (Wildman–Crippen MR) is 133 cm³/mol. The van der Waals surface area contributed by atoms with Gasteiger partial charge in [0.05, 0.1) is 18.3 Å². The van der Waals surface area contributed by atoms with Gasteiger partial charge in [-0.3, -0.25) is 9.78 Å². The van der Waals surface area contributed by atoms with Crippen LogP contribution in [0.5, 0.6) is 0 Å². The standard InChI is InChI=1S/C27H33FN4O4/c1-2-29-26(34)24-9-5-18(15-30-24)17-6-10-25(23(28)12-17)31-11-3-4-22(16-31)36-27(35)32-19-7-8-20(32)14-21(33)13-19/h5-6,9-10,12,15,19-22,33H,2-4,7-8,11,13-14,16H2,1H3,(H,29,34). The van der Waals surface area contributed by atoms with Crippen LogP contribution in [0.4, 0.5) is 14.9 Å². The highest BCUT2D eigenvalue weighted by atomic mass is 19.1. The number of anilines is 1. The lowest BCUT2D eigenvalue weighted by atomic mass is 10.0. The van der Waals surface area contributed by atoms with Crippen molar-refractivity contribution in [1.29, 1.82) is 0 Å². The van der Waals surface area contributed by atoms with Crippen LogP contribution >= 0.6 is 0 Å². The Morgan fingerprint density at radius 3 is 2.56 bits per heavy atom. The number of aliphatic hydroxyl groups excluding tert-OH is 1. The molecule has 8 nitrogen and oxygen atoms in total. The Morgan fingerprint density at radius 2 is 1.89 bits per heavy atom. The molecular weight excluding hydrogens is 463 g/mol. The second-order valence-corrected chi connectivity index (χ2v) is 9.97. The van der Waals surface area contributed by atoms with Crippen molar-refractivity contribution in [3.05, 3.63) is 48.0 Å². The number of ether oxygens (including phenoxy) is 1. The third-order valence-corrected chi connectivity index (χ3v) is 7.52. The van der Waals surface area contributed by atoms with E-state index in [2.05, 4.69) is 10.3 Å².